The van der Waals surface area contributed by atoms with Crippen LogP contribution in [0, 0.1) is 20.2 Å². The van der Waals surface area contributed by atoms with E-state index in [9.17, 15) is 25.0 Å². The minimum atomic E-state index is -0.554. The first-order chi connectivity index (χ1) is 14.3. The first kappa shape index (κ1) is 20.9. The van der Waals surface area contributed by atoms with Crippen LogP contribution in [-0.2, 0) is 0 Å². The van der Waals surface area contributed by atoms with Gasteiger partial charge in [-0.05, 0) is 25.2 Å². The number of likely N-dealkylation sites (N-methyl/N-ethyl adjacent to an activating group) is 1. The van der Waals surface area contributed by atoms with Crippen LogP contribution in [0.2, 0.25) is 0 Å². The third-order valence-electron chi connectivity index (χ3n) is 4.78. The van der Waals surface area contributed by atoms with Crippen LogP contribution in [0.15, 0.2) is 47.6 Å². The fourth-order valence-electron chi connectivity index (χ4n) is 3.05. The molecule has 0 spiro atoms. The molecule has 0 aliphatic carbocycles. The van der Waals surface area contributed by atoms with Gasteiger partial charge in [0.15, 0.2) is 0 Å². The van der Waals surface area contributed by atoms with E-state index in [1.54, 1.807) is 6.07 Å². The van der Waals surface area contributed by atoms with Crippen LogP contribution in [0.4, 0.5) is 17.1 Å². The highest BCUT2D eigenvalue weighted by Gasteiger charge is 2.19. The Kier molecular flexibility index (Phi) is 6.32. The molecule has 1 amide bonds. The number of hydrogen-bond donors (Lipinski definition) is 1. The zero-order valence-corrected chi connectivity index (χ0v) is 16.2. The molecule has 1 heterocycles. The monoisotopic (exact) mass is 412 g/mol. The summed E-state index contributed by atoms with van der Waals surface area (Å²) in [5.41, 5.74) is 3.66. The molecule has 2 aromatic carbocycles. The maximum absolute atomic E-state index is 12.2. The fraction of sp³-hybridized carbons (Fsp3) is 0.263. The second kappa shape index (κ2) is 9.09. The maximum atomic E-state index is 12.2. The molecule has 1 fully saturated rings. The van der Waals surface area contributed by atoms with Gasteiger partial charge in [-0.3, -0.25) is 25.0 Å². The van der Waals surface area contributed by atoms with Gasteiger partial charge in [-0.2, -0.15) is 5.10 Å². The molecule has 11 heteroatoms. The lowest BCUT2D eigenvalue weighted by Crippen LogP contribution is -2.44. The molecule has 156 valence electrons. The number of benzene rings is 2. The lowest BCUT2D eigenvalue weighted by molar-refractivity contribution is -0.385. The smallest absolute Gasteiger partial charge is 0.271 e. The number of nitro benzene ring substituents is 2. The van der Waals surface area contributed by atoms with E-state index < -0.39 is 15.8 Å². The van der Waals surface area contributed by atoms with Crippen molar-refractivity contribution in [2.24, 2.45) is 5.10 Å². The van der Waals surface area contributed by atoms with Gasteiger partial charge < -0.3 is 9.80 Å². The van der Waals surface area contributed by atoms with E-state index in [1.807, 2.05) is 7.05 Å². The van der Waals surface area contributed by atoms with Gasteiger partial charge >= 0.3 is 0 Å². The Labute approximate surface area is 171 Å². The summed E-state index contributed by atoms with van der Waals surface area (Å²) in [6.07, 6.45) is 1.37. The number of carbonyl (C=O) groups is 1. The molecule has 1 N–H and O–H groups in total. The number of hydrogen-bond acceptors (Lipinski definition) is 8. The largest absolute Gasteiger partial charge is 0.368 e. The molecule has 0 radical (unpaired) electrons. The lowest BCUT2D eigenvalue weighted by atomic mass is 10.1. The molecule has 0 bridgehead atoms. The summed E-state index contributed by atoms with van der Waals surface area (Å²) < 4.78 is 0. The molecule has 0 atom stereocenters. The molecule has 0 saturated carbocycles. The van der Waals surface area contributed by atoms with Crippen molar-refractivity contribution in [2.75, 3.05) is 38.1 Å². The van der Waals surface area contributed by atoms with E-state index in [-0.39, 0.29) is 16.9 Å². The zero-order valence-electron chi connectivity index (χ0n) is 16.2. The van der Waals surface area contributed by atoms with Crippen LogP contribution in [0.3, 0.4) is 0 Å². The van der Waals surface area contributed by atoms with Gasteiger partial charge in [-0.15, -0.1) is 0 Å². The SMILES string of the molecule is CN1CCN(c2ccc([N+](=O)[O-])cc2/C=N/NC(=O)c2ccc([N+](=O)[O-])cc2)CC1. The number of amides is 1. The number of non-ortho nitro benzene ring substituents is 2. The highest BCUT2D eigenvalue weighted by molar-refractivity contribution is 5.96. The van der Waals surface area contributed by atoms with Gasteiger partial charge in [-0.25, -0.2) is 5.43 Å². The van der Waals surface area contributed by atoms with E-state index in [4.69, 9.17) is 0 Å². The Balaban J connectivity index is 1.77. The van der Waals surface area contributed by atoms with Crippen LogP contribution in [0.1, 0.15) is 15.9 Å². The van der Waals surface area contributed by atoms with Crippen LogP contribution in [0.5, 0.6) is 0 Å². The number of rotatable bonds is 6. The predicted octanol–water partition coefficient (Wildman–Crippen LogP) is 2.02. The Bertz CT molecular complexity index is 983. The summed E-state index contributed by atoms with van der Waals surface area (Å²) in [4.78, 5) is 37.3. The average Bonchev–Trinajstić information content (AvgIpc) is 2.74. The van der Waals surface area contributed by atoms with Gasteiger partial charge in [0.25, 0.3) is 17.3 Å². The van der Waals surface area contributed by atoms with Crippen LogP contribution in [-0.4, -0.2) is 60.1 Å². The highest BCUT2D eigenvalue weighted by atomic mass is 16.6. The van der Waals surface area contributed by atoms with E-state index in [2.05, 4.69) is 20.3 Å². The number of hydrazone groups is 1. The lowest BCUT2D eigenvalue weighted by Gasteiger charge is -2.34. The quantitative estimate of drug-likeness (QED) is 0.436. The van der Waals surface area contributed by atoms with E-state index in [1.165, 1.54) is 42.6 Å². The third-order valence-corrected chi connectivity index (χ3v) is 4.78. The summed E-state index contributed by atoms with van der Waals surface area (Å²) in [6, 6.07) is 9.64. The third kappa shape index (κ3) is 4.94. The molecule has 1 aliphatic rings. The average molecular weight is 412 g/mol. The van der Waals surface area contributed by atoms with Crippen LogP contribution >= 0.6 is 0 Å². The number of carbonyl (C=O) groups excluding carboxylic acids is 1. The molecule has 0 unspecified atom stereocenters. The van der Waals surface area contributed by atoms with E-state index in [0.29, 0.717) is 5.56 Å². The van der Waals surface area contributed by atoms with Crippen molar-refractivity contribution in [3.63, 3.8) is 0 Å². The molecule has 2 aromatic rings. The molecular weight excluding hydrogens is 392 g/mol. The Morgan fingerprint density at radius 2 is 1.60 bits per heavy atom. The summed E-state index contributed by atoms with van der Waals surface area (Å²) in [6.45, 7) is 3.27. The molecule has 0 aromatic heterocycles. The van der Waals surface area contributed by atoms with Crippen molar-refractivity contribution < 1.29 is 14.6 Å². The minimum Gasteiger partial charge on any atom is -0.368 e. The number of piperazine rings is 1. The van der Waals surface area contributed by atoms with Crippen molar-refractivity contribution in [1.29, 1.82) is 0 Å². The summed E-state index contributed by atoms with van der Waals surface area (Å²) in [7, 11) is 2.03. The Morgan fingerprint density at radius 3 is 2.20 bits per heavy atom. The van der Waals surface area contributed by atoms with Crippen molar-refractivity contribution >= 4 is 29.2 Å². The molecule has 3 rings (SSSR count). The molecule has 11 nitrogen and oxygen atoms in total. The van der Waals surface area contributed by atoms with Gasteiger partial charge in [0.2, 0.25) is 0 Å². The molecule has 30 heavy (non-hydrogen) atoms. The van der Waals surface area contributed by atoms with Crippen LogP contribution in [0.25, 0.3) is 0 Å². The Morgan fingerprint density at radius 1 is 1.00 bits per heavy atom. The van der Waals surface area contributed by atoms with Crippen LogP contribution < -0.4 is 10.3 Å². The van der Waals surface area contributed by atoms with E-state index >= 15 is 0 Å². The van der Waals surface area contributed by atoms with Gasteiger partial charge in [0.05, 0.1) is 16.1 Å². The Hall–Kier alpha value is -3.86. The van der Waals surface area contributed by atoms with E-state index in [0.717, 1.165) is 31.9 Å². The number of anilines is 1. The van der Waals surface area contributed by atoms with Gasteiger partial charge in [0, 0.05) is 67.3 Å². The number of nitrogens with zero attached hydrogens (tertiary/aromatic N) is 5. The predicted molar refractivity (Wildman–Crippen MR) is 111 cm³/mol. The van der Waals surface area contributed by atoms with Crippen molar-refractivity contribution in [1.82, 2.24) is 10.3 Å². The fourth-order valence-corrected chi connectivity index (χ4v) is 3.05. The minimum absolute atomic E-state index is 0.0731. The number of nitro groups is 2. The highest BCUT2D eigenvalue weighted by Crippen LogP contribution is 2.25. The zero-order chi connectivity index (χ0) is 21.7. The molecule has 1 saturated heterocycles. The maximum Gasteiger partial charge on any atom is 0.271 e. The number of nitrogens with one attached hydrogen (secondary N) is 1. The second-order valence-corrected chi connectivity index (χ2v) is 6.79. The summed E-state index contributed by atoms with van der Waals surface area (Å²) >= 11 is 0. The van der Waals surface area contributed by atoms with Gasteiger partial charge in [0.1, 0.15) is 0 Å². The summed E-state index contributed by atoms with van der Waals surface area (Å²) in [5.74, 6) is -0.548. The molecule has 1 aliphatic heterocycles. The normalized spacial score (nSPS) is 14.6. The molecular formula is C19H20N6O5. The standard InChI is InChI=1S/C19H20N6O5/c1-22-8-10-23(11-9-22)18-7-6-17(25(29)30)12-15(18)13-20-21-19(26)14-2-4-16(5-3-14)24(27)28/h2-7,12-13H,8-11H2,1H3,(H,21,26)/b20-13+. The van der Waals surface area contributed by atoms with Gasteiger partial charge in [-0.1, -0.05) is 0 Å². The first-order valence-electron chi connectivity index (χ1n) is 9.15. The van der Waals surface area contributed by atoms with Crippen molar-refractivity contribution in [3.8, 4) is 0 Å². The second-order valence-electron chi connectivity index (χ2n) is 6.79. The summed E-state index contributed by atoms with van der Waals surface area (Å²) in [5, 5.41) is 25.8. The topological polar surface area (TPSA) is 134 Å². The first-order valence-corrected chi connectivity index (χ1v) is 9.15. The van der Waals surface area contributed by atoms with Crippen molar-refractivity contribution in [2.45, 2.75) is 0 Å². The van der Waals surface area contributed by atoms with Crippen molar-refractivity contribution in [3.05, 3.63) is 73.8 Å².